The Morgan fingerprint density at radius 2 is 1.61 bits per heavy atom. The molecule has 0 spiro atoms. The van der Waals surface area contributed by atoms with Crippen LogP contribution in [0.2, 0.25) is 0 Å². The summed E-state index contributed by atoms with van der Waals surface area (Å²) in [5.41, 5.74) is 0. The zero-order chi connectivity index (χ0) is 17.0. The molecule has 1 rings (SSSR count). The zero-order valence-electron chi connectivity index (χ0n) is 14.0. The minimum atomic E-state index is -4.08. The Bertz CT molecular complexity index is 383. The summed E-state index contributed by atoms with van der Waals surface area (Å²) in [5, 5.41) is 0. The molecule has 23 heavy (non-hydrogen) atoms. The van der Waals surface area contributed by atoms with E-state index in [2.05, 4.69) is 13.0 Å². The number of rotatable bonds is 12. The maximum absolute atomic E-state index is 12.0. The lowest BCUT2D eigenvalue weighted by atomic mass is 10.1. The molecule has 0 aromatic rings. The molecule has 2 atom stereocenters. The Morgan fingerprint density at radius 1 is 0.913 bits per heavy atom. The number of alkyl halides is 3. The van der Waals surface area contributed by atoms with Crippen molar-refractivity contribution in [2.45, 2.75) is 83.1 Å². The minimum absolute atomic E-state index is 0.0559. The molecular weight excluding hydrogens is 301 g/mol. The monoisotopic (exact) mass is 330 g/mol. The molecule has 1 aliphatic rings. The van der Waals surface area contributed by atoms with Crippen LogP contribution in [0.5, 0.6) is 0 Å². The van der Waals surface area contributed by atoms with Crippen LogP contribution in [0.25, 0.3) is 0 Å². The average molecular weight is 330 g/mol. The Morgan fingerprint density at radius 3 is 2.35 bits per heavy atom. The summed E-state index contributed by atoms with van der Waals surface area (Å²) in [5.74, 6) is 0. The number of allylic oxidation sites excluding steroid dienone is 5. The van der Waals surface area contributed by atoms with Gasteiger partial charge in [-0.05, 0) is 19.3 Å². The number of hydrogen-bond acceptors (Lipinski definition) is 1. The summed E-state index contributed by atoms with van der Waals surface area (Å²) in [6.45, 7) is 2.22. The fourth-order valence-electron chi connectivity index (χ4n) is 2.38. The molecule has 1 saturated heterocycles. The van der Waals surface area contributed by atoms with E-state index in [1.807, 2.05) is 30.4 Å². The highest BCUT2D eigenvalue weighted by molar-refractivity contribution is 5.14. The van der Waals surface area contributed by atoms with Crippen molar-refractivity contribution < 1.29 is 17.9 Å². The van der Waals surface area contributed by atoms with Gasteiger partial charge in [0.05, 0.1) is 6.10 Å². The average Bonchev–Trinajstić information content (AvgIpc) is 3.24. The number of ether oxygens (including phenoxy) is 1. The van der Waals surface area contributed by atoms with E-state index in [0.29, 0.717) is 0 Å². The first-order valence-electron chi connectivity index (χ1n) is 8.75. The van der Waals surface area contributed by atoms with Gasteiger partial charge in [0, 0.05) is 6.42 Å². The molecule has 0 aromatic carbocycles. The molecule has 0 bridgehead atoms. The first kappa shape index (κ1) is 20.0. The molecule has 0 amide bonds. The molecule has 0 radical (unpaired) electrons. The molecule has 4 heteroatoms. The molecule has 1 aliphatic heterocycles. The summed E-state index contributed by atoms with van der Waals surface area (Å²) in [6.07, 6.45) is 15.4. The second-order valence-corrected chi connectivity index (χ2v) is 6.05. The molecule has 0 N–H and O–H groups in total. The Hall–Kier alpha value is -1.03. The molecule has 1 nitrogen and oxygen atoms in total. The summed E-state index contributed by atoms with van der Waals surface area (Å²) >= 11 is 0. The van der Waals surface area contributed by atoms with E-state index in [1.165, 1.54) is 38.5 Å². The van der Waals surface area contributed by atoms with Gasteiger partial charge in [0.25, 0.3) is 0 Å². The molecule has 0 saturated carbocycles. The highest BCUT2D eigenvalue weighted by Gasteiger charge is 2.39. The van der Waals surface area contributed by atoms with Crippen molar-refractivity contribution in [3.05, 3.63) is 36.5 Å². The summed E-state index contributed by atoms with van der Waals surface area (Å²) in [4.78, 5) is 0. The second-order valence-electron chi connectivity index (χ2n) is 6.05. The molecule has 0 aliphatic carbocycles. The third-order valence-electron chi connectivity index (χ3n) is 3.83. The predicted octanol–water partition coefficient (Wildman–Crippen LogP) is 6.52. The molecule has 1 heterocycles. The summed E-state index contributed by atoms with van der Waals surface area (Å²) in [6, 6.07) is 0. The fourth-order valence-corrected chi connectivity index (χ4v) is 2.38. The molecular formula is C19H29F3O. The van der Waals surface area contributed by atoms with Crippen LogP contribution in [0.4, 0.5) is 13.2 Å². The van der Waals surface area contributed by atoms with E-state index in [9.17, 15) is 13.2 Å². The molecule has 132 valence electrons. The number of hydrogen-bond donors (Lipinski definition) is 0. The van der Waals surface area contributed by atoms with Gasteiger partial charge in [-0.1, -0.05) is 75.5 Å². The lowest BCUT2D eigenvalue weighted by Crippen LogP contribution is -2.08. The molecule has 0 aromatic heterocycles. The molecule has 1 fully saturated rings. The topological polar surface area (TPSA) is 12.5 Å². The standard InChI is InChI=1S/C19H29F3O/c1-2-3-4-5-6-7-8-9-10-11-12-13-14-17-18(23-17)15-16-19(20,21)22/h9-14,17-18H,2-8,15-16H2,1H3/t17-,18-/m1/s1. The van der Waals surface area contributed by atoms with Gasteiger partial charge >= 0.3 is 6.18 Å². The number of halogens is 3. The van der Waals surface area contributed by atoms with Crippen LogP contribution >= 0.6 is 0 Å². The van der Waals surface area contributed by atoms with Crippen molar-refractivity contribution in [1.29, 1.82) is 0 Å². The van der Waals surface area contributed by atoms with Crippen molar-refractivity contribution >= 4 is 0 Å². The van der Waals surface area contributed by atoms with Crippen molar-refractivity contribution in [1.82, 2.24) is 0 Å². The Balaban J connectivity index is 1.97. The van der Waals surface area contributed by atoms with Gasteiger partial charge in [-0.2, -0.15) is 13.2 Å². The van der Waals surface area contributed by atoms with Crippen LogP contribution in [0.3, 0.4) is 0 Å². The third kappa shape index (κ3) is 12.1. The van der Waals surface area contributed by atoms with E-state index >= 15 is 0 Å². The van der Waals surface area contributed by atoms with E-state index in [-0.39, 0.29) is 18.6 Å². The Labute approximate surface area is 138 Å². The van der Waals surface area contributed by atoms with Crippen molar-refractivity contribution in [3.8, 4) is 0 Å². The van der Waals surface area contributed by atoms with Gasteiger partial charge in [-0.25, -0.2) is 0 Å². The SMILES string of the molecule is CCCCCCCCC=CC=CC=C[C@H]1O[C@@H]1CCC(F)(F)F. The third-order valence-corrected chi connectivity index (χ3v) is 3.83. The van der Waals surface area contributed by atoms with Crippen LogP contribution < -0.4 is 0 Å². The van der Waals surface area contributed by atoms with Crippen LogP contribution in [0, 0.1) is 0 Å². The van der Waals surface area contributed by atoms with Crippen LogP contribution in [-0.4, -0.2) is 18.4 Å². The van der Waals surface area contributed by atoms with E-state index < -0.39 is 12.6 Å². The van der Waals surface area contributed by atoms with Crippen LogP contribution in [-0.2, 0) is 4.74 Å². The normalized spacial score (nSPS) is 21.9. The van der Waals surface area contributed by atoms with Crippen LogP contribution in [0.15, 0.2) is 36.5 Å². The highest BCUT2D eigenvalue weighted by atomic mass is 19.4. The van der Waals surface area contributed by atoms with Crippen molar-refractivity contribution in [2.24, 2.45) is 0 Å². The summed E-state index contributed by atoms with van der Waals surface area (Å²) in [7, 11) is 0. The van der Waals surface area contributed by atoms with Gasteiger partial charge in [0.2, 0.25) is 0 Å². The molecule has 0 unspecified atom stereocenters. The van der Waals surface area contributed by atoms with Gasteiger partial charge in [-0.15, -0.1) is 0 Å². The second kappa shape index (κ2) is 11.5. The first-order chi connectivity index (χ1) is 11.0. The number of unbranched alkanes of at least 4 members (excludes halogenated alkanes) is 6. The largest absolute Gasteiger partial charge is 0.389 e. The number of epoxide rings is 1. The Kier molecular flexibility index (Phi) is 10.0. The quantitative estimate of drug-likeness (QED) is 0.225. The lowest BCUT2D eigenvalue weighted by Gasteiger charge is -2.02. The fraction of sp³-hybridized carbons (Fsp3) is 0.684. The smallest absolute Gasteiger partial charge is 0.365 e. The highest BCUT2D eigenvalue weighted by Crippen LogP contribution is 2.32. The zero-order valence-corrected chi connectivity index (χ0v) is 14.0. The van der Waals surface area contributed by atoms with Gasteiger partial charge in [0.15, 0.2) is 0 Å². The van der Waals surface area contributed by atoms with Gasteiger partial charge < -0.3 is 4.74 Å². The van der Waals surface area contributed by atoms with E-state index in [4.69, 9.17) is 4.74 Å². The van der Waals surface area contributed by atoms with Crippen molar-refractivity contribution in [3.63, 3.8) is 0 Å². The van der Waals surface area contributed by atoms with Crippen LogP contribution in [0.1, 0.15) is 64.7 Å². The minimum Gasteiger partial charge on any atom is -0.365 e. The maximum atomic E-state index is 12.0. The van der Waals surface area contributed by atoms with Crippen molar-refractivity contribution in [2.75, 3.05) is 0 Å². The predicted molar refractivity (Wildman–Crippen MR) is 89.4 cm³/mol. The maximum Gasteiger partial charge on any atom is 0.389 e. The van der Waals surface area contributed by atoms with E-state index in [0.717, 1.165) is 6.42 Å². The van der Waals surface area contributed by atoms with Gasteiger partial charge in [0.1, 0.15) is 6.10 Å². The first-order valence-corrected chi connectivity index (χ1v) is 8.75. The lowest BCUT2D eigenvalue weighted by molar-refractivity contribution is -0.136. The summed E-state index contributed by atoms with van der Waals surface area (Å²) < 4.78 is 41.3. The van der Waals surface area contributed by atoms with Gasteiger partial charge in [-0.3, -0.25) is 0 Å². The van der Waals surface area contributed by atoms with E-state index in [1.54, 1.807) is 0 Å².